The summed E-state index contributed by atoms with van der Waals surface area (Å²) in [4.78, 5) is 2.39. The molecule has 0 aliphatic heterocycles. The van der Waals surface area contributed by atoms with Crippen molar-refractivity contribution >= 4 is 0 Å². The third-order valence-electron chi connectivity index (χ3n) is 2.85. The molecule has 1 aliphatic rings. The molecule has 13 heavy (non-hydrogen) atoms. The highest BCUT2D eigenvalue weighted by Gasteiger charge is 2.20. The molecule has 0 spiro atoms. The van der Waals surface area contributed by atoms with E-state index in [0.717, 1.165) is 12.6 Å². The Balaban J connectivity index is 2.18. The second kappa shape index (κ2) is 5.58. The van der Waals surface area contributed by atoms with Gasteiger partial charge in [-0.1, -0.05) is 12.8 Å². The van der Waals surface area contributed by atoms with Crippen LogP contribution in [-0.4, -0.2) is 44.3 Å². The number of nitrogens with two attached hydrogens (primary N) is 1. The van der Waals surface area contributed by atoms with Crippen LogP contribution >= 0.6 is 0 Å². The highest BCUT2D eigenvalue weighted by atomic mass is 16.5. The maximum Gasteiger partial charge on any atom is 0.0626 e. The van der Waals surface area contributed by atoms with Crippen LogP contribution in [0, 0.1) is 0 Å². The molecule has 3 heteroatoms. The van der Waals surface area contributed by atoms with Crippen LogP contribution < -0.4 is 5.73 Å². The summed E-state index contributed by atoms with van der Waals surface area (Å²) in [7, 11) is 3.88. The van der Waals surface area contributed by atoms with Crippen molar-refractivity contribution in [3.05, 3.63) is 0 Å². The number of nitrogens with zero attached hydrogens (tertiary/aromatic N) is 1. The van der Waals surface area contributed by atoms with Gasteiger partial charge in [0.15, 0.2) is 0 Å². The zero-order chi connectivity index (χ0) is 9.68. The topological polar surface area (TPSA) is 38.5 Å². The summed E-state index contributed by atoms with van der Waals surface area (Å²) in [5, 5.41) is 0. The molecule has 3 nitrogen and oxygen atoms in total. The molecular formula is C10H22N2O. The van der Waals surface area contributed by atoms with Crippen LogP contribution in [0.3, 0.4) is 0 Å². The van der Waals surface area contributed by atoms with E-state index in [1.165, 1.54) is 25.7 Å². The summed E-state index contributed by atoms with van der Waals surface area (Å²) in [6.45, 7) is 1.62. The van der Waals surface area contributed by atoms with Crippen molar-refractivity contribution in [2.45, 2.75) is 37.8 Å². The predicted octanol–water partition coefficient (Wildman–Crippen LogP) is 0.834. The molecule has 2 N–H and O–H groups in total. The second-order valence-electron chi connectivity index (χ2n) is 4.09. The lowest BCUT2D eigenvalue weighted by Crippen LogP contribution is -2.42. The second-order valence-corrected chi connectivity index (χ2v) is 4.09. The monoisotopic (exact) mass is 186 g/mol. The molecule has 0 amide bonds. The van der Waals surface area contributed by atoms with Gasteiger partial charge in [-0.15, -0.1) is 0 Å². The third-order valence-corrected chi connectivity index (χ3v) is 2.85. The standard InChI is InChI=1S/C10H22N2O/c1-12(7-9(11)8-13-2)10-5-3-4-6-10/h9-10H,3-8,11H2,1-2H3. The van der Waals surface area contributed by atoms with Crippen molar-refractivity contribution in [1.29, 1.82) is 0 Å². The van der Waals surface area contributed by atoms with Gasteiger partial charge in [0.1, 0.15) is 0 Å². The van der Waals surface area contributed by atoms with Gasteiger partial charge < -0.3 is 15.4 Å². The fourth-order valence-corrected chi connectivity index (χ4v) is 2.13. The zero-order valence-corrected chi connectivity index (χ0v) is 8.83. The number of ether oxygens (including phenoxy) is 1. The van der Waals surface area contributed by atoms with Crippen LogP contribution in [0.4, 0.5) is 0 Å². The van der Waals surface area contributed by atoms with Gasteiger partial charge in [-0.25, -0.2) is 0 Å². The first-order valence-electron chi connectivity index (χ1n) is 5.18. The summed E-state index contributed by atoms with van der Waals surface area (Å²) in [6, 6.07) is 0.929. The molecule has 1 rings (SSSR count). The lowest BCUT2D eigenvalue weighted by Gasteiger charge is -2.26. The molecular weight excluding hydrogens is 164 g/mol. The molecule has 0 radical (unpaired) electrons. The van der Waals surface area contributed by atoms with Crippen molar-refractivity contribution in [2.24, 2.45) is 5.73 Å². The maximum absolute atomic E-state index is 5.89. The average Bonchev–Trinajstić information content (AvgIpc) is 2.55. The van der Waals surface area contributed by atoms with Gasteiger partial charge >= 0.3 is 0 Å². The Morgan fingerprint density at radius 2 is 2.08 bits per heavy atom. The van der Waals surface area contributed by atoms with E-state index in [1.54, 1.807) is 7.11 Å². The predicted molar refractivity (Wildman–Crippen MR) is 54.7 cm³/mol. The van der Waals surface area contributed by atoms with Crippen molar-refractivity contribution in [3.63, 3.8) is 0 Å². The van der Waals surface area contributed by atoms with Gasteiger partial charge in [-0.05, 0) is 19.9 Å². The first kappa shape index (κ1) is 11.0. The normalized spacial score (nSPS) is 21.2. The number of hydrogen-bond donors (Lipinski definition) is 1. The molecule has 0 aromatic rings. The summed E-state index contributed by atoms with van der Waals surface area (Å²) in [6.07, 6.45) is 5.45. The summed E-state index contributed by atoms with van der Waals surface area (Å²) in [5.41, 5.74) is 5.89. The smallest absolute Gasteiger partial charge is 0.0626 e. The van der Waals surface area contributed by atoms with E-state index in [1.807, 2.05) is 0 Å². The average molecular weight is 186 g/mol. The van der Waals surface area contributed by atoms with Crippen LogP contribution in [-0.2, 0) is 4.74 Å². The highest BCUT2D eigenvalue weighted by Crippen LogP contribution is 2.22. The number of methoxy groups -OCH3 is 1. The summed E-state index contributed by atoms with van der Waals surface area (Å²) < 4.78 is 5.02. The quantitative estimate of drug-likeness (QED) is 0.691. The Hall–Kier alpha value is -0.120. The molecule has 1 saturated carbocycles. The van der Waals surface area contributed by atoms with E-state index in [-0.39, 0.29) is 6.04 Å². The fourth-order valence-electron chi connectivity index (χ4n) is 2.13. The molecule has 78 valence electrons. The Bertz CT molecular complexity index is 135. The first-order valence-corrected chi connectivity index (χ1v) is 5.18. The van der Waals surface area contributed by atoms with E-state index in [4.69, 9.17) is 10.5 Å². The Labute approximate surface area is 81.2 Å². The number of rotatable bonds is 5. The van der Waals surface area contributed by atoms with Gasteiger partial charge in [0, 0.05) is 25.7 Å². The molecule has 0 aromatic heterocycles. The first-order chi connectivity index (χ1) is 6.24. The van der Waals surface area contributed by atoms with E-state index < -0.39 is 0 Å². The van der Waals surface area contributed by atoms with Gasteiger partial charge in [-0.2, -0.15) is 0 Å². The molecule has 0 saturated heterocycles. The maximum atomic E-state index is 5.89. The van der Waals surface area contributed by atoms with Crippen LogP contribution in [0.15, 0.2) is 0 Å². The minimum atomic E-state index is 0.163. The SMILES string of the molecule is COCC(N)CN(C)C1CCCC1. The van der Waals surface area contributed by atoms with Crippen molar-refractivity contribution in [2.75, 3.05) is 27.3 Å². The minimum absolute atomic E-state index is 0.163. The van der Waals surface area contributed by atoms with Crippen molar-refractivity contribution in [3.8, 4) is 0 Å². The molecule has 1 aliphatic carbocycles. The molecule has 0 aromatic carbocycles. The van der Waals surface area contributed by atoms with Crippen molar-refractivity contribution in [1.82, 2.24) is 4.90 Å². The van der Waals surface area contributed by atoms with E-state index in [9.17, 15) is 0 Å². The van der Waals surface area contributed by atoms with Crippen LogP contribution in [0.25, 0.3) is 0 Å². The summed E-state index contributed by atoms with van der Waals surface area (Å²) >= 11 is 0. The van der Waals surface area contributed by atoms with Crippen LogP contribution in [0.1, 0.15) is 25.7 Å². The van der Waals surface area contributed by atoms with Crippen LogP contribution in [0.5, 0.6) is 0 Å². The number of hydrogen-bond acceptors (Lipinski definition) is 3. The highest BCUT2D eigenvalue weighted by molar-refractivity contribution is 4.77. The molecule has 1 unspecified atom stereocenters. The fraction of sp³-hybridized carbons (Fsp3) is 1.00. The van der Waals surface area contributed by atoms with Gasteiger partial charge in [0.2, 0.25) is 0 Å². The van der Waals surface area contributed by atoms with Gasteiger partial charge in [-0.3, -0.25) is 0 Å². The van der Waals surface area contributed by atoms with Gasteiger partial charge in [0.05, 0.1) is 6.61 Å². The van der Waals surface area contributed by atoms with E-state index >= 15 is 0 Å². The van der Waals surface area contributed by atoms with E-state index in [2.05, 4.69) is 11.9 Å². The molecule has 0 heterocycles. The Morgan fingerprint density at radius 1 is 1.46 bits per heavy atom. The minimum Gasteiger partial charge on any atom is -0.383 e. The molecule has 1 fully saturated rings. The summed E-state index contributed by atoms with van der Waals surface area (Å²) in [5.74, 6) is 0. The van der Waals surface area contributed by atoms with Crippen molar-refractivity contribution < 1.29 is 4.74 Å². The zero-order valence-electron chi connectivity index (χ0n) is 8.83. The largest absolute Gasteiger partial charge is 0.383 e. The Morgan fingerprint density at radius 3 is 2.62 bits per heavy atom. The Kier molecular flexibility index (Phi) is 4.70. The van der Waals surface area contributed by atoms with E-state index in [0.29, 0.717) is 6.61 Å². The molecule has 1 atom stereocenters. The van der Waals surface area contributed by atoms with Gasteiger partial charge in [0.25, 0.3) is 0 Å². The lowest BCUT2D eigenvalue weighted by molar-refractivity contribution is 0.147. The molecule has 0 bridgehead atoms. The number of likely N-dealkylation sites (N-methyl/N-ethyl adjacent to an activating group) is 1. The lowest BCUT2D eigenvalue weighted by atomic mass is 10.2. The van der Waals surface area contributed by atoms with Crippen LogP contribution in [0.2, 0.25) is 0 Å². The third kappa shape index (κ3) is 3.63.